The molecule has 8 heteroatoms. The summed E-state index contributed by atoms with van der Waals surface area (Å²) in [6, 6.07) is 10.3. The first-order valence-electron chi connectivity index (χ1n) is 11.8. The minimum absolute atomic E-state index is 0.0275. The molecule has 0 radical (unpaired) electrons. The van der Waals surface area contributed by atoms with E-state index < -0.39 is 19.9 Å². The summed E-state index contributed by atoms with van der Waals surface area (Å²) in [6.07, 6.45) is 6.58. The first-order valence-corrected chi connectivity index (χ1v) is 14.8. The lowest BCUT2D eigenvalue weighted by atomic mass is 9.64. The molecule has 33 heavy (non-hydrogen) atoms. The summed E-state index contributed by atoms with van der Waals surface area (Å²) in [5, 5.41) is 0. The lowest BCUT2D eigenvalue weighted by Gasteiger charge is -2.44. The minimum Gasteiger partial charge on any atom is -0.381 e. The second kappa shape index (κ2) is 8.48. The summed E-state index contributed by atoms with van der Waals surface area (Å²) in [7, 11) is -7.67. The van der Waals surface area contributed by atoms with Gasteiger partial charge in [0.1, 0.15) is 0 Å². The molecule has 0 atom stereocenters. The zero-order valence-electron chi connectivity index (χ0n) is 19.0. The van der Waals surface area contributed by atoms with Crippen LogP contribution in [0.4, 0.5) is 0 Å². The Kier molecular flexibility index (Phi) is 5.92. The predicted octanol–water partition coefficient (Wildman–Crippen LogP) is 4.10. The molecule has 2 heterocycles. The molecule has 2 fully saturated rings. The Morgan fingerprint density at radius 3 is 2.45 bits per heavy atom. The molecule has 1 spiro atoms. The van der Waals surface area contributed by atoms with E-state index >= 15 is 0 Å². The van der Waals surface area contributed by atoms with Crippen molar-refractivity contribution in [3.8, 4) is 0 Å². The maximum atomic E-state index is 13.7. The van der Waals surface area contributed by atoms with Crippen molar-refractivity contribution in [3.63, 3.8) is 0 Å². The molecule has 2 aromatic carbocycles. The zero-order valence-corrected chi connectivity index (χ0v) is 20.6. The summed E-state index contributed by atoms with van der Waals surface area (Å²) in [4.78, 5) is 0.512. The number of ether oxygens (including phenoxy) is 1. The van der Waals surface area contributed by atoms with Gasteiger partial charge >= 0.3 is 0 Å². The van der Waals surface area contributed by atoms with Gasteiger partial charge in [0.05, 0.1) is 14.7 Å². The van der Waals surface area contributed by atoms with Crippen molar-refractivity contribution in [2.75, 3.05) is 19.8 Å². The third-order valence-corrected chi connectivity index (χ3v) is 10.9. The standard InChI is InChI=1S/C25H31NO5S2/c1-18-15-20(33(29,30)26-17-19-9-13-31-14-10-19)16-23-24(18)25(11-5-2-6-12-25)21-7-3-4-8-22(21)32(23,27)28/h3-4,7-8,15-16,19,26H,2,5-6,9-14,17H2,1H3. The number of nitrogens with one attached hydrogen (secondary N) is 1. The lowest BCUT2D eigenvalue weighted by molar-refractivity contribution is 0.0678. The number of rotatable bonds is 4. The van der Waals surface area contributed by atoms with E-state index in [1.54, 1.807) is 18.2 Å². The Morgan fingerprint density at radius 1 is 1.03 bits per heavy atom. The van der Waals surface area contributed by atoms with E-state index in [2.05, 4.69) is 4.72 Å². The van der Waals surface area contributed by atoms with Crippen LogP contribution in [-0.2, 0) is 30.0 Å². The van der Waals surface area contributed by atoms with Gasteiger partial charge in [-0.05, 0) is 73.4 Å². The van der Waals surface area contributed by atoms with Gasteiger partial charge in [-0.3, -0.25) is 0 Å². The Labute approximate surface area is 196 Å². The maximum absolute atomic E-state index is 13.7. The first-order chi connectivity index (χ1) is 15.8. The maximum Gasteiger partial charge on any atom is 0.240 e. The molecule has 2 aliphatic heterocycles. The SMILES string of the molecule is Cc1cc(S(=O)(=O)NCC2CCOCC2)cc2c1C1(CCCCC1)c1ccccc1S2(=O)=O. The fourth-order valence-electron chi connectivity index (χ4n) is 5.99. The summed E-state index contributed by atoms with van der Waals surface area (Å²) in [5.74, 6) is 0.230. The minimum atomic E-state index is -3.84. The van der Waals surface area contributed by atoms with Crippen LogP contribution in [0.1, 0.15) is 61.6 Å². The predicted molar refractivity (Wildman–Crippen MR) is 126 cm³/mol. The highest BCUT2D eigenvalue weighted by Gasteiger charge is 2.47. The van der Waals surface area contributed by atoms with Crippen molar-refractivity contribution >= 4 is 19.9 Å². The average Bonchev–Trinajstić information content (AvgIpc) is 2.83. The molecular formula is C25H31NO5S2. The number of benzene rings is 2. The molecule has 5 rings (SSSR count). The van der Waals surface area contributed by atoms with Gasteiger partial charge in [0.25, 0.3) is 0 Å². The summed E-state index contributed by atoms with van der Waals surface area (Å²) in [6.45, 7) is 3.48. The first kappa shape index (κ1) is 23.0. The van der Waals surface area contributed by atoms with E-state index in [0.29, 0.717) is 24.7 Å². The van der Waals surface area contributed by atoms with Crippen molar-refractivity contribution in [1.82, 2.24) is 4.72 Å². The normalized spacial score (nSPS) is 22.0. The average molecular weight is 490 g/mol. The molecule has 1 saturated heterocycles. The second-order valence-corrected chi connectivity index (χ2v) is 13.3. The number of hydrogen-bond donors (Lipinski definition) is 1. The van der Waals surface area contributed by atoms with Crippen molar-refractivity contribution in [2.45, 2.75) is 72.0 Å². The molecule has 3 aliphatic rings. The third-order valence-electron chi connectivity index (χ3n) is 7.65. The van der Waals surface area contributed by atoms with Crippen LogP contribution in [0.15, 0.2) is 51.1 Å². The molecule has 1 saturated carbocycles. The van der Waals surface area contributed by atoms with Crippen LogP contribution in [0.5, 0.6) is 0 Å². The highest BCUT2D eigenvalue weighted by molar-refractivity contribution is 7.92. The van der Waals surface area contributed by atoms with Gasteiger partial charge in [-0.2, -0.15) is 0 Å². The Morgan fingerprint density at radius 2 is 1.73 bits per heavy atom. The van der Waals surface area contributed by atoms with Crippen LogP contribution in [0.25, 0.3) is 0 Å². The van der Waals surface area contributed by atoms with Crippen LogP contribution in [0.2, 0.25) is 0 Å². The molecule has 0 aromatic heterocycles. The zero-order chi connectivity index (χ0) is 23.3. The molecule has 0 unspecified atom stereocenters. The molecule has 1 aliphatic carbocycles. The Hall–Kier alpha value is -1.74. The molecule has 0 bridgehead atoms. The van der Waals surface area contributed by atoms with Gasteiger partial charge in [-0.1, -0.05) is 37.5 Å². The topological polar surface area (TPSA) is 89.5 Å². The van der Waals surface area contributed by atoms with Gasteiger partial charge in [0, 0.05) is 25.2 Å². The van der Waals surface area contributed by atoms with E-state index in [-0.39, 0.29) is 21.1 Å². The van der Waals surface area contributed by atoms with Crippen LogP contribution in [-0.4, -0.2) is 36.6 Å². The van der Waals surface area contributed by atoms with Gasteiger partial charge in [-0.15, -0.1) is 0 Å². The van der Waals surface area contributed by atoms with Gasteiger partial charge in [0.2, 0.25) is 19.9 Å². The summed E-state index contributed by atoms with van der Waals surface area (Å²) in [5.41, 5.74) is 2.02. The van der Waals surface area contributed by atoms with Crippen LogP contribution in [0.3, 0.4) is 0 Å². The van der Waals surface area contributed by atoms with Gasteiger partial charge in [-0.25, -0.2) is 21.6 Å². The van der Waals surface area contributed by atoms with Crippen molar-refractivity contribution in [3.05, 3.63) is 53.1 Å². The quantitative estimate of drug-likeness (QED) is 0.699. The number of aryl methyl sites for hydroxylation is 1. The molecular weight excluding hydrogens is 458 g/mol. The second-order valence-electron chi connectivity index (χ2n) is 9.66. The van der Waals surface area contributed by atoms with E-state index in [0.717, 1.165) is 61.6 Å². The molecule has 1 N–H and O–H groups in total. The highest BCUT2D eigenvalue weighted by Crippen LogP contribution is 2.54. The van der Waals surface area contributed by atoms with Crippen LogP contribution in [0, 0.1) is 12.8 Å². The Bertz CT molecular complexity index is 1270. The van der Waals surface area contributed by atoms with E-state index in [1.165, 1.54) is 6.07 Å². The van der Waals surface area contributed by atoms with Crippen molar-refractivity contribution in [2.24, 2.45) is 5.92 Å². The third kappa shape index (κ3) is 3.85. The summed E-state index contributed by atoms with van der Waals surface area (Å²) >= 11 is 0. The largest absolute Gasteiger partial charge is 0.381 e. The highest BCUT2D eigenvalue weighted by atomic mass is 32.2. The van der Waals surface area contributed by atoms with Crippen molar-refractivity contribution < 1.29 is 21.6 Å². The fraction of sp³-hybridized carbons (Fsp3) is 0.520. The molecule has 2 aromatic rings. The fourth-order valence-corrected chi connectivity index (χ4v) is 9.24. The Balaban J connectivity index is 1.61. The number of sulfone groups is 1. The van der Waals surface area contributed by atoms with Gasteiger partial charge in [0.15, 0.2) is 0 Å². The molecule has 6 nitrogen and oxygen atoms in total. The van der Waals surface area contributed by atoms with Crippen LogP contribution < -0.4 is 4.72 Å². The molecule has 178 valence electrons. The lowest BCUT2D eigenvalue weighted by Crippen LogP contribution is -2.38. The number of hydrogen-bond acceptors (Lipinski definition) is 5. The van der Waals surface area contributed by atoms with E-state index in [9.17, 15) is 16.8 Å². The smallest absolute Gasteiger partial charge is 0.240 e. The number of fused-ring (bicyclic) bond motifs is 4. The van der Waals surface area contributed by atoms with E-state index in [1.807, 2.05) is 19.1 Å². The van der Waals surface area contributed by atoms with Gasteiger partial charge < -0.3 is 4.74 Å². The monoisotopic (exact) mass is 489 g/mol. The van der Waals surface area contributed by atoms with Crippen LogP contribution >= 0.6 is 0 Å². The van der Waals surface area contributed by atoms with Crippen molar-refractivity contribution in [1.29, 1.82) is 0 Å². The number of sulfonamides is 1. The molecule has 0 amide bonds. The summed E-state index contributed by atoms with van der Waals surface area (Å²) < 4.78 is 61.9. The van der Waals surface area contributed by atoms with E-state index in [4.69, 9.17) is 4.74 Å².